The normalized spacial score (nSPS) is 21.2. The SMILES string of the molecule is CC(=O)N1CCN(c2ccc(N)cc2)CC12CC2. The van der Waals surface area contributed by atoms with Crippen molar-refractivity contribution in [1.82, 2.24) is 4.90 Å². The van der Waals surface area contributed by atoms with Crippen LogP contribution in [0.2, 0.25) is 0 Å². The van der Waals surface area contributed by atoms with Crippen molar-refractivity contribution >= 4 is 17.3 Å². The van der Waals surface area contributed by atoms with E-state index >= 15 is 0 Å². The van der Waals surface area contributed by atoms with Crippen molar-refractivity contribution in [2.24, 2.45) is 0 Å². The van der Waals surface area contributed by atoms with Gasteiger partial charge in [0, 0.05) is 37.9 Å². The van der Waals surface area contributed by atoms with E-state index in [-0.39, 0.29) is 11.4 Å². The maximum absolute atomic E-state index is 11.6. The first-order chi connectivity index (χ1) is 8.61. The molecule has 1 amide bonds. The number of nitrogens with zero attached hydrogens (tertiary/aromatic N) is 2. The summed E-state index contributed by atoms with van der Waals surface area (Å²) in [7, 11) is 0. The second kappa shape index (κ2) is 3.90. The average Bonchev–Trinajstić information content (AvgIpc) is 3.09. The third kappa shape index (κ3) is 1.82. The van der Waals surface area contributed by atoms with Crippen molar-refractivity contribution in [2.45, 2.75) is 25.3 Å². The van der Waals surface area contributed by atoms with Crippen molar-refractivity contribution in [3.8, 4) is 0 Å². The molecule has 2 aliphatic rings. The van der Waals surface area contributed by atoms with Gasteiger partial charge in [-0.25, -0.2) is 0 Å². The number of piperazine rings is 1. The lowest BCUT2D eigenvalue weighted by molar-refractivity contribution is -0.132. The molecular weight excluding hydrogens is 226 g/mol. The fourth-order valence-corrected chi connectivity index (χ4v) is 2.95. The Morgan fingerprint density at radius 1 is 1.22 bits per heavy atom. The molecule has 18 heavy (non-hydrogen) atoms. The minimum absolute atomic E-state index is 0.117. The van der Waals surface area contributed by atoms with Gasteiger partial charge in [-0.2, -0.15) is 0 Å². The molecular formula is C14H19N3O. The third-order valence-corrected chi connectivity index (χ3v) is 4.12. The van der Waals surface area contributed by atoms with E-state index in [1.165, 1.54) is 5.69 Å². The fraction of sp³-hybridized carbons (Fsp3) is 0.500. The van der Waals surface area contributed by atoms with Crippen molar-refractivity contribution in [1.29, 1.82) is 0 Å². The molecule has 3 rings (SSSR count). The van der Waals surface area contributed by atoms with Crippen LogP contribution in [0.1, 0.15) is 19.8 Å². The molecule has 1 saturated carbocycles. The zero-order valence-electron chi connectivity index (χ0n) is 10.7. The highest BCUT2D eigenvalue weighted by molar-refractivity contribution is 5.75. The van der Waals surface area contributed by atoms with Crippen molar-refractivity contribution < 1.29 is 4.79 Å². The molecule has 1 aliphatic heterocycles. The van der Waals surface area contributed by atoms with Crippen molar-refractivity contribution in [3.05, 3.63) is 24.3 Å². The van der Waals surface area contributed by atoms with E-state index in [9.17, 15) is 4.79 Å². The van der Waals surface area contributed by atoms with Gasteiger partial charge >= 0.3 is 0 Å². The van der Waals surface area contributed by atoms with E-state index in [4.69, 9.17) is 5.73 Å². The summed E-state index contributed by atoms with van der Waals surface area (Å²) in [5.74, 6) is 0.212. The largest absolute Gasteiger partial charge is 0.399 e. The summed E-state index contributed by atoms with van der Waals surface area (Å²) in [4.78, 5) is 16.1. The summed E-state index contributed by atoms with van der Waals surface area (Å²) in [5, 5.41) is 0. The van der Waals surface area contributed by atoms with E-state index in [2.05, 4.69) is 21.9 Å². The highest BCUT2D eigenvalue weighted by atomic mass is 16.2. The highest BCUT2D eigenvalue weighted by Crippen LogP contribution is 2.45. The second-order valence-electron chi connectivity index (χ2n) is 5.41. The first-order valence-electron chi connectivity index (χ1n) is 6.49. The Bertz CT molecular complexity index is 464. The molecule has 1 aliphatic carbocycles. The van der Waals surface area contributed by atoms with E-state index in [1.807, 2.05) is 12.1 Å². The van der Waals surface area contributed by atoms with Crippen LogP contribution in [0, 0.1) is 0 Å². The monoisotopic (exact) mass is 245 g/mol. The molecule has 2 fully saturated rings. The molecule has 1 heterocycles. The van der Waals surface area contributed by atoms with Gasteiger partial charge in [0.15, 0.2) is 0 Å². The summed E-state index contributed by atoms with van der Waals surface area (Å²) in [6.45, 7) is 4.38. The number of rotatable bonds is 1. The van der Waals surface area contributed by atoms with E-state index in [0.29, 0.717) is 0 Å². The highest BCUT2D eigenvalue weighted by Gasteiger charge is 2.52. The number of amides is 1. The maximum atomic E-state index is 11.6. The molecule has 4 nitrogen and oxygen atoms in total. The number of carbonyl (C=O) groups excluding carboxylic acids is 1. The van der Waals surface area contributed by atoms with Gasteiger partial charge in [0.25, 0.3) is 0 Å². The molecule has 1 spiro atoms. The van der Waals surface area contributed by atoms with Gasteiger partial charge in [0.2, 0.25) is 5.91 Å². The Kier molecular flexibility index (Phi) is 2.47. The molecule has 4 heteroatoms. The number of hydrogen-bond donors (Lipinski definition) is 1. The van der Waals surface area contributed by atoms with Crippen molar-refractivity contribution in [3.63, 3.8) is 0 Å². The summed E-state index contributed by atoms with van der Waals surface area (Å²) in [6.07, 6.45) is 2.27. The topological polar surface area (TPSA) is 49.6 Å². The van der Waals surface area contributed by atoms with Gasteiger partial charge in [-0.15, -0.1) is 0 Å². The molecule has 0 bridgehead atoms. The minimum atomic E-state index is 0.117. The number of benzene rings is 1. The maximum Gasteiger partial charge on any atom is 0.220 e. The number of carbonyl (C=O) groups is 1. The Morgan fingerprint density at radius 2 is 1.89 bits per heavy atom. The molecule has 0 atom stereocenters. The third-order valence-electron chi connectivity index (χ3n) is 4.12. The van der Waals surface area contributed by atoms with Crippen LogP contribution in [0.25, 0.3) is 0 Å². The second-order valence-corrected chi connectivity index (χ2v) is 5.41. The standard InChI is InChI=1S/C14H19N3O/c1-11(18)17-9-8-16(10-14(17)6-7-14)13-4-2-12(15)3-5-13/h2-5H,6-10,15H2,1H3. The molecule has 0 aromatic heterocycles. The summed E-state index contributed by atoms with van der Waals surface area (Å²) < 4.78 is 0. The molecule has 2 N–H and O–H groups in total. The molecule has 1 aromatic rings. The molecule has 0 radical (unpaired) electrons. The predicted octanol–water partition coefficient (Wildman–Crippen LogP) is 1.47. The van der Waals surface area contributed by atoms with Crippen LogP contribution in [0.4, 0.5) is 11.4 Å². The van der Waals surface area contributed by atoms with Gasteiger partial charge in [-0.3, -0.25) is 4.79 Å². The molecule has 1 aromatic carbocycles. The van der Waals surface area contributed by atoms with Crippen LogP contribution in [0.3, 0.4) is 0 Å². The zero-order valence-corrected chi connectivity index (χ0v) is 10.7. The number of nitrogen functional groups attached to an aromatic ring is 1. The Labute approximate surface area is 107 Å². The molecule has 0 unspecified atom stereocenters. The van der Waals surface area contributed by atoms with E-state index < -0.39 is 0 Å². The first-order valence-corrected chi connectivity index (χ1v) is 6.49. The van der Waals surface area contributed by atoms with Gasteiger partial charge in [-0.05, 0) is 37.1 Å². The van der Waals surface area contributed by atoms with E-state index in [1.54, 1.807) is 6.92 Å². The number of nitrogens with two attached hydrogens (primary N) is 1. The predicted molar refractivity (Wildman–Crippen MR) is 72.4 cm³/mol. The summed E-state index contributed by atoms with van der Waals surface area (Å²) in [6, 6.07) is 8.00. The quantitative estimate of drug-likeness (QED) is 0.762. The van der Waals surface area contributed by atoms with Gasteiger partial charge < -0.3 is 15.5 Å². The minimum Gasteiger partial charge on any atom is -0.399 e. The van der Waals surface area contributed by atoms with Gasteiger partial charge in [-0.1, -0.05) is 0 Å². The van der Waals surface area contributed by atoms with Crippen LogP contribution in [-0.2, 0) is 4.79 Å². The number of hydrogen-bond acceptors (Lipinski definition) is 3. The first kappa shape index (κ1) is 11.4. The van der Waals surface area contributed by atoms with Gasteiger partial charge in [0.05, 0.1) is 5.54 Å². The molecule has 96 valence electrons. The lowest BCUT2D eigenvalue weighted by Gasteiger charge is -2.42. The summed E-state index contributed by atoms with van der Waals surface area (Å²) >= 11 is 0. The lowest BCUT2D eigenvalue weighted by atomic mass is 10.1. The molecule has 1 saturated heterocycles. The van der Waals surface area contributed by atoms with E-state index in [0.717, 1.165) is 38.2 Å². The van der Waals surface area contributed by atoms with Crippen LogP contribution >= 0.6 is 0 Å². The Hall–Kier alpha value is -1.71. The van der Waals surface area contributed by atoms with Gasteiger partial charge in [0.1, 0.15) is 0 Å². The fourth-order valence-electron chi connectivity index (χ4n) is 2.95. The average molecular weight is 245 g/mol. The lowest BCUT2D eigenvalue weighted by Crippen LogP contribution is -2.56. The van der Waals surface area contributed by atoms with Crippen LogP contribution in [-0.4, -0.2) is 36.0 Å². The zero-order chi connectivity index (χ0) is 12.8. The van der Waals surface area contributed by atoms with Crippen LogP contribution < -0.4 is 10.6 Å². The smallest absolute Gasteiger partial charge is 0.220 e. The Balaban J connectivity index is 1.78. The van der Waals surface area contributed by atoms with Crippen LogP contribution in [0.15, 0.2) is 24.3 Å². The van der Waals surface area contributed by atoms with Crippen LogP contribution in [0.5, 0.6) is 0 Å². The van der Waals surface area contributed by atoms with Crippen molar-refractivity contribution in [2.75, 3.05) is 30.3 Å². The Morgan fingerprint density at radius 3 is 2.44 bits per heavy atom. The number of anilines is 2. The summed E-state index contributed by atoms with van der Waals surface area (Å²) in [5.41, 5.74) is 7.83.